The first-order valence-electron chi connectivity index (χ1n) is 6.49. The molecule has 0 unspecified atom stereocenters. The predicted octanol–water partition coefficient (Wildman–Crippen LogP) is -0.192. The van der Waals surface area contributed by atoms with Crippen molar-refractivity contribution < 1.29 is 29.6 Å². The van der Waals surface area contributed by atoms with Gasteiger partial charge < -0.3 is 29.6 Å². The van der Waals surface area contributed by atoms with Gasteiger partial charge in [-0.05, 0) is 18.1 Å². The monoisotopic (exact) mass is 294 g/mol. The largest absolute Gasteiger partial charge is 0.406 e. The van der Waals surface area contributed by atoms with Crippen LogP contribution < -0.4 is 0 Å². The van der Waals surface area contributed by atoms with Crippen molar-refractivity contribution in [1.82, 2.24) is 0 Å². The zero-order valence-corrected chi connectivity index (χ0v) is 13.2. The number of aliphatic hydroxyl groups is 4. The molecule has 0 bridgehead atoms. The Morgan fingerprint density at radius 1 is 1.11 bits per heavy atom. The third kappa shape index (κ3) is 3.55. The van der Waals surface area contributed by atoms with Crippen molar-refractivity contribution in [3.8, 4) is 0 Å². The second-order valence-corrected chi connectivity index (χ2v) is 11.3. The van der Waals surface area contributed by atoms with Gasteiger partial charge in [-0.1, -0.05) is 20.8 Å². The molecule has 0 radical (unpaired) electrons. The highest BCUT2D eigenvalue weighted by atomic mass is 28.4. The lowest BCUT2D eigenvalue weighted by Gasteiger charge is -2.46. The lowest BCUT2D eigenvalue weighted by Crippen LogP contribution is -2.62. The fraction of sp³-hybridized carbons (Fsp3) is 1.00. The Bertz CT molecular complexity index is 303. The van der Waals surface area contributed by atoms with E-state index >= 15 is 0 Å². The second-order valence-electron chi connectivity index (χ2n) is 6.57. The standard InChI is InChI=1S/C12H26O6Si/c1-12(2,3)19(4,5)18-10-9(15)8(14)7(6-13)17-11(10)16/h7-11,13-16H,6H2,1-5H3/t7-,8-,9+,10-,11-/m1/s1. The zero-order chi connectivity index (χ0) is 15.0. The number of hydrogen-bond donors (Lipinski definition) is 4. The van der Waals surface area contributed by atoms with Crippen LogP contribution in [-0.4, -0.2) is 66.1 Å². The molecular formula is C12H26O6Si. The van der Waals surface area contributed by atoms with Crippen LogP contribution in [0.25, 0.3) is 0 Å². The number of ether oxygens (including phenoxy) is 1. The first kappa shape index (κ1) is 17.0. The van der Waals surface area contributed by atoms with E-state index in [-0.39, 0.29) is 5.04 Å². The third-order valence-electron chi connectivity index (χ3n) is 4.08. The van der Waals surface area contributed by atoms with Crippen molar-refractivity contribution in [2.24, 2.45) is 0 Å². The molecule has 1 rings (SSSR count). The molecule has 0 amide bonds. The van der Waals surface area contributed by atoms with E-state index in [1.54, 1.807) is 0 Å². The van der Waals surface area contributed by atoms with Gasteiger partial charge >= 0.3 is 0 Å². The quantitative estimate of drug-likeness (QED) is 0.538. The van der Waals surface area contributed by atoms with E-state index in [2.05, 4.69) is 0 Å². The Labute approximate surface area is 115 Å². The van der Waals surface area contributed by atoms with Crippen LogP contribution in [0, 0.1) is 0 Å². The fourth-order valence-electron chi connectivity index (χ4n) is 1.72. The molecule has 4 N–H and O–H groups in total. The molecule has 7 heteroatoms. The van der Waals surface area contributed by atoms with Crippen LogP contribution in [0.15, 0.2) is 0 Å². The van der Waals surface area contributed by atoms with E-state index in [1.807, 2.05) is 33.9 Å². The Balaban J connectivity index is 2.84. The zero-order valence-electron chi connectivity index (χ0n) is 12.2. The topological polar surface area (TPSA) is 99.4 Å². The van der Waals surface area contributed by atoms with Gasteiger partial charge in [0.1, 0.15) is 24.4 Å². The Morgan fingerprint density at radius 3 is 2.05 bits per heavy atom. The van der Waals surface area contributed by atoms with E-state index in [4.69, 9.17) is 14.3 Å². The average molecular weight is 294 g/mol. The van der Waals surface area contributed by atoms with Gasteiger partial charge in [-0.2, -0.15) is 0 Å². The molecule has 0 aromatic heterocycles. The minimum Gasteiger partial charge on any atom is -0.406 e. The molecule has 1 heterocycles. The van der Waals surface area contributed by atoms with E-state index in [1.165, 1.54) is 0 Å². The molecule has 0 saturated carbocycles. The van der Waals surface area contributed by atoms with Gasteiger partial charge in [-0.3, -0.25) is 0 Å². The van der Waals surface area contributed by atoms with Gasteiger partial charge in [0, 0.05) is 0 Å². The molecule has 0 aromatic carbocycles. The van der Waals surface area contributed by atoms with Crippen LogP contribution in [0.2, 0.25) is 18.1 Å². The van der Waals surface area contributed by atoms with Gasteiger partial charge in [-0.15, -0.1) is 0 Å². The maximum absolute atomic E-state index is 10.0. The number of hydrogen-bond acceptors (Lipinski definition) is 6. The van der Waals surface area contributed by atoms with Crippen LogP contribution in [0.5, 0.6) is 0 Å². The minimum absolute atomic E-state index is 0.0920. The fourth-order valence-corrected chi connectivity index (χ4v) is 3.01. The average Bonchev–Trinajstić information content (AvgIpc) is 2.27. The summed E-state index contributed by atoms with van der Waals surface area (Å²) in [5.74, 6) is 0. The smallest absolute Gasteiger partial charge is 0.192 e. The lowest BCUT2D eigenvalue weighted by atomic mass is 9.99. The highest BCUT2D eigenvalue weighted by molar-refractivity contribution is 6.74. The van der Waals surface area contributed by atoms with Gasteiger partial charge in [0.15, 0.2) is 14.6 Å². The van der Waals surface area contributed by atoms with Crippen LogP contribution in [0.4, 0.5) is 0 Å². The van der Waals surface area contributed by atoms with Crippen molar-refractivity contribution >= 4 is 8.32 Å². The highest BCUT2D eigenvalue weighted by Gasteiger charge is 2.49. The lowest BCUT2D eigenvalue weighted by molar-refractivity contribution is -0.282. The summed E-state index contributed by atoms with van der Waals surface area (Å²) in [5, 5.41) is 38.6. The first-order valence-corrected chi connectivity index (χ1v) is 9.40. The normalized spacial score (nSPS) is 37.4. The highest BCUT2D eigenvalue weighted by Crippen LogP contribution is 2.39. The summed E-state index contributed by atoms with van der Waals surface area (Å²) in [5.41, 5.74) is 0. The molecule has 19 heavy (non-hydrogen) atoms. The molecule has 114 valence electrons. The maximum Gasteiger partial charge on any atom is 0.192 e. The second kappa shape index (κ2) is 5.77. The Kier molecular flexibility index (Phi) is 5.17. The molecule has 1 fully saturated rings. The predicted molar refractivity (Wildman–Crippen MR) is 72.0 cm³/mol. The molecular weight excluding hydrogens is 268 g/mol. The SMILES string of the molecule is CC(C)(C)[Si](C)(C)O[C@@H]1[C@@H](O)[C@H](O)[C@@H](CO)O[C@H]1O. The van der Waals surface area contributed by atoms with Crippen LogP contribution in [0.1, 0.15) is 20.8 Å². The summed E-state index contributed by atoms with van der Waals surface area (Å²) in [6.07, 6.45) is -5.91. The molecule has 0 aromatic rings. The summed E-state index contributed by atoms with van der Waals surface area (Å²) >= 11 is 0. The molecule has 1 saturated heterocycles. The number of aliphatic hydroxyl groups excluding tert-OH is 4. The van der Waals surface area contributed by atoms with Crippen molar-refractivity contribution in [2.45, 2.75) is 69.6 Å². The maximum atomic E-state index is 10.0. The van der Waals surface area contributed by atoms with Crippen molar-refractivity contribution in [3.63, 3.8) is 0 Å². The first-order chi connectivity index (χ1) is 8.51. The molecule has 1 aliphatic rings. The van der Waals surface area contributed by atoms with Gasteiger partial charge in [-0.25, -0.2) is 0 Å². The summed E-state index contributed by atoms with van der Waals surface area (Å²) in [6.45, 7) is 9.61. The van der Waals surface area contributed by atoms with Crippen molar-refractivity contribution in [1.29, 1.82) is 0 Å². The Morgan fingerprint density at radius 2 is 1.63 bits per heavy atom. The van der Waals surface area contributed by atoms with Crippen LogP contribution in [0.3, 0.4) is 0 Å². The van der Waals surface area contributed by atoms with Crippen molar-refractivity contribution in [2.75, 3.05) is 6.61 Å². The van der Waals surface area contributed by atoms with Gasteiger partial charge in [0.25, 0.3) is 0 Å². The van der Waals surface area contributed by atoms with Crippen LogP contribution >= 0.6 is 0 Å². The minimum atomic E-state index is -2.21. The molecule has 5 atom stereocenters. The summed E-state index contributed by atoms with van der Waals surface area (Å²) in [7, 11) is -2.21. The molecule has 0 spiro atoms. The molecule has 0 aliphatic carbocycles. The van der Waals surface area contributed by atoms with E-state index in [0.717, 1.165) is 0 Å². The van der Waals surface area contributed by atoms with E-state index in [0.29, 0.717) is 0 Å². The summed E-state index contributed by atoms with van der Waals surface area (Å²) in [4.78, 5) is 0. The third-order valence-corrected chi connectivity index (χ3v) is 8.55. The van der Waals surface area contributed by atoms with Crippen molar-refractivity contribution in [3.05, 3.63) is 0 Å². The summed E-state index contributed by atoms with van der Waals surface area (Å²) < 4.78 is 11.0. The Hall–Kier alpha value is -0.0231. The van der Waals surface area contributed by atoms with Crippen LogP contribution in [-0.2, 0) is 9.16 Å². The number of rotatable bonds is 3. The van der Waals surface area contributed by atoms with E-state index in [9.17, 15) is 15.3 Å². The summed E-state index contributed by atoms with van der Waals surface area (Å²) in [6, 6.07) is 0. The molecule has 6 nitrogen and oxygen atoms in total. The van der Waals surface area contributed by atoms with Gasteiger partial charge in [0.05, 0.1) is 6.61 Å². The van der Waals surface area contributed by atoms with E-state index < -0.39 is 45.6 Å². The van der Waals surface area contributed by atoms with Gasteiger partial charge in [0.2, 0.25) is 0 Å². The molecule has 1 aliphatic heterocycles.